The Kier molecular flexibility index (Phi) is 12.9. The van der Waals surface area contributed by atoms with Gasteiger partial charge < -0.3 is 10.2 Å². The lowest BCUT2D eigenvalue weighted by atomic mass is 10.1. The molecule has 2 rings (SSSR count). The molecule has 0 radical (unpaired) electrons. The largest absolute Gasteiger partial charge is 0.401 e. The van der Waals surface area contributed by atoms with Gasteiger partial charge in [-0.15, -0.1) is 24.0 Å². The van der Waals surface area contributed by atoms with E-state index in [9.17, 15) is 13.2 Å². The molecule has 1 aromatic carbocycles. The van der Waals surface area contributed by atoms with E-state index in [-0.39, 0.29) is 29.9 Å². The molecule has 1 fully saturated rings. The summed E-state index contributed by atoms with van der Waals surface area (Å²) in [6.45, 7) is 7.37. The molecule has 5 nitrogen and oxygen atoms in total. The number of rotatable bonds is 10. The zero-order chi connectivity index (χ0) is 22.9. The lowest BCUT2D eigenvalue weighted by molar-refractivity contribution is -0.146. The maximum Gasteiger partial charge on any atom is 0.401 e. The Bertz CT molecular complexity index is 671. The Labute approximate surface area is 208 Å². The van der Waals surface area contributed by atoms with Crippen LogP contribution in [0.15, 0.2) is 35.3 Å². The first-order chi connectivity index (χ1) is 14.7. The van der Waals surface area contributed by atoms with Crippen molar-refractivity contribution in [1.29, 1.82) is 0 Å². The number of benzene rings is 1. The van der Waals surface area contributed by atoms with E-state index in [2.05, 4.69) is 58.3 Å². The molecule has 1 heterocycles. The Morgan fingerprint density at radius 3 is 2.56 bits per heavy atom. The van der Waals surface area contributed by atoms with E-state index in [0.29, 0.717) is 19.1 Å². The minimum Gasteiger partial charge on any atom is -0.356 e. The van der Waals surface area contributed by atoms with Gasteiger partial charge in [0.15, 0.2) is 5.96 Å². The summed E-state index contributed by atoms with van der Waals surface area (Å²) in [5, 5.41) is 3.44. The molecule has 0 bridgehead atoms. The zero-order valence-electron chi connectivity index (χ0n) is 19.7. The van der Waals surface area contributed by atoms with Crippen molar-refractivity contribution in [3.05, 3.63) is 35.9 Å². The minimum atomic E-state index is -4.14. The number of guanidine groups is 1. The Morgan fingerprint density at radius 1 is 1.28 bits per heavy atom. The molecule has 1 aliphatic heterocycles. The molecule has 0 saturated carbocycles. The topological polar surface area (TPSA) is 34.1 Å². The highest BCUT2D eigenvalue weighted by Gasteiger charge is 2.33. The van der Waals surface area contributed by atoms with Crippen LogP contribution in [0.5, 0.6) is 0 Å². The minimum absolute atomic E-state index is 0. The molecule has 32 heavy (non-hydrogen) atoms. The number of halogens is 4. The van der Waals surface area contributed by atoms with Crippen molar-refractivity contribution in [2.45, 2.75) is 45.5 Å². The molecule has 1 saturated heterocycles. The Morgan fingerprint density at radius 2 is 1.97 bits per heavy atom. The molecule has 0 aliphatic carbocycles. The highest BCUT2D eigenvalue weighted by molar-refractivity contribution is 14.0. The number of nitrogens with zero attached hydrogens (tertiary/aromatic N) is 4. The van der Waals surface area contributed by atoms with E-state index in [1.165, 1.54) is 10.5 Å². The quantitative estimate of drug-likeness (QED) is 0.259. The van der Waals surface area contributed by atoms with E-state index in [1.54, 1.807) is 14.0 Å². The second kappa shape index (κ2) is 14.2. The summed E-state index contributed by atoms with van der Waals surface area (Å²) in [7, 11) is 3.90. The number of hydrogen-bond donors (Lipinski definition) is 1. The van der Waals surface area contributed by atoms with Crippen LogP contribution in [0.3, 0.4) is 0 Å². The van der Waals surface area contributed by atoms with Crippen LogP contribution in [0.1, 0.15) is 32.3 Å². The number of alkyl halides is 3. The first kappa shape index (κ1) is 29.0. The molecular formula is C23H39F3IN5. The average molecular weight is 569 g/mol. The van der Waals surface area contributed by atoms with Gasteiger partial charge in [0.1, 0.15) is 0 Å². The second-order valence-electron chi connectivity index (χ2n) is 8.56. The van der Waals surface area contributed by atoms with Crippen LogP contribution in [0.25, 0.3) is 0 Å². The summed E-state index contributed by atoms with van der Waals surface area (Å²) >= 11 is 0. The van der Waals surface area contributed by atoms with Crippen LogP contribution in [0.2, 0.25) is 0 Å². The van der Waals surface area contributed by atoms with Gasteiger partial charge in [-0.05, 0) is 44.8 Å². The first-order valence-corrected chi connectivity index (χ1v) is 11.2. The van der Waals surface area contributed by atoms with Crippen molar-refractivity contribution in [1.82, 2.24) is 20.0 Å². The normalized spacial score (nSPS) is 18.2. The van der Waals surface area contributed by atoms with Crippen LogP contribution in [0.4, 0.5) is 13.2 Å². The monoisotopic (exact) mass is 569 g/mol. The number of aliphatic imine (C=N–C) groups is 1. The Balaban J connectivity index is 0.00000512. The van der Waals surface area contributed by atoms with Gasteiger partial charge in [0.05, 0.1) is 6.54 Å². The molecule has 2 unspecified atom stereocenters. The van der Waals surface area contributed by atoms with E-state index in [0.717, 1.165) is 45.0 Å². The Hall–Kier alpha value is -1.07. The van der Waals surface area contributed by atoms with Crippen LogP contribution < -0.4 is 5.32 Å². The standard InChI is InChI=1S/C23H38F3N5.HI/c1-5-30(18-23(24,25)26)16-21-12-14-31(17-21)22(27-3)28-13-11-19(2)29(4)15-20-9-7-6-8-10-20;/h6-10,19,21H,5,11-18H2,1-4H3,(H,27,28);1H. The fourth-order valence-corrected chi connectivity index (χ4v) is 4.07. The third-order valence-electron chi connectivity index (χ3n) is 6.04. The van der Waals surface area contributed by atoms with Crippen molar-refractivity contribution in [2.75, 3.05) is 53.4 Å². The molecule has 9 heteroatoms. The molecule has 1 N–H and O–H groups in total. The summed E-state index contributed by atoms with van der Waals surface area (Å²) in [5.41, 5.74) is 1.30. The van der Waals surface area contributed by atoms with Crippen molar-refractivity contribution < 1.29 is 13.2 Å². The van der Waals surface area contributed by atoms with Gasteiger partial charge in [-0.25, -0.2) is 0 Å². The van der Waals surface area contributed by atoms with Crippen LogP contribution >= 0.6 is 24.0 Å². The van der Waals surface area contributed by atoms with Gasteiger partial charge in [-0.3, -0.25) is 14.8 Å². The number of likely N-dealkylation sites (tertiary alicyclic amines) is 1. The summed E-state index contributed by atoms with van der Waals surface area (Å²) < 4.78 is 38.2. The van der Waals surface area contributed by atoms with Gasteiger partial charge >= 0.3 is 6.18 Å². The van der Waals surface area contributed by atoms with Crippen LogP contribution in [0, 0.1) is 5.92 Å². The highest BCUT2D eigenvalue weighted by Crippen LogP contribution is 2.21. The SMILES string of the molecule is CCN(CC1CCN(C(=NC)NCCC(C)N(C)Cc2ccccc2)C1)CC(F)(F)F.I. The van der Waals surface area contributed by atoms with Gasteiger partial charge in [0.25, 0.3) is 0 Å². The zero-order valence-corrected chi connectivity index (χ0v) is 22.1. The maximum atomic E-state index is 12.7. The van der Waals surface area contributed by atoms with E-state index < -0.39 is 12.7 Å². The van der Waals surface area contributed by atoms with Crippen LogP contribution in [-0.4, -0.2) is 86.2 Å². The predicted octanol–water partition coefficient (Wildman–Crippen LogP) is 4.30. The fraction of sp³-hybridized carbons (Fsp3) is 0.696. The van der Waals surface area contributed by atoms with Crippen molar-refractivity contribution in [2.24, 2.45) is 10.9 Å². The molecule has 1 aromatic rings. The molecule has 2 atom stereocenters. The highest BCUT2D eigenvalue weighted by atomic mass is 127. The lowest BCUT2D eigenvalue weighted by Gasteiger charge is -2.27. The molecular weight excluding hydrogens is 530 g/mol. The molecule has 0 spiro atoms. The van der Waals surface area contributed by atoms with Gasteiger partial charge in [-0.2, -0.15) is 13.2 Å². The van der Waals surface area contributed by atoms with E-state index >= 15 is 0 Å². The third-order valence-corrected chi connectivity index (χ3v) is 6.04. The maximum absolute atomic E-state index is 12.7. The average Bonchev–Trinajstić information content (AvgIpc) is 3.18. The summed E-state index contributed by atoms with van der Waals surface area (Å²) in [6, 6.07) is 10.8. The van der Waals surface area contributed by atoms with Gasteiger partial charge in [-0.1, -0.05) is 37.3 Å². The summed E-state index contributed by atoms with van der Waals surface area (Å²) in [6.07, 6.45) is -2.27. The van der Waals surface area contributed by atoms with E-state index in [1.807, 2.05) is 6.07 Å². The summed E-state index contributed by atoms with van der Waals surface area (Å²) in [5.74, 6) is 1.08. The predicted molar refractivity (Wildman–Crippen MR) is 137 cm³/mol. The molecule has 1 aliphatic rings. The third kappa shape index (κ3) is 10.2. The fourth-order valence-electron chi connectivity index (χ4n) is 4.07. The molecule has 184 valence electrons. The smallest absolute Gasteiger partial charge is 0.356 e. The summed E-state index contributed by atoms with van der Waals surface area (Å²) in [4.78, 5) is 10.4. The number of nitrogens with one attached hydrogen (secondary N) is 1. The van der Waals surface area contributed by atoms with Gasteiger partial charge in [0, 0.05) is 45.8 Å². The molecule has 0 aromatic heterocycles. The van der Waals surface area contributed by atoms with Crippen molar-refractivity contribution in [3.63, 3.8) is 0 Å². The lowest BCUT2D eigenvalue weighted by Crippen LogP contribution is -2.43. The van der Waals surface area contributed by atoms with Crippen molar-refractivity contribution >= 4 is 29.9 Å². The van der Waals surface area contributed by atoms with E-state index in [4.69, 9.17) is 0 Å². The molecule has 0 amide bonds. The van der Waals surface area contributed by atoms with Crippen molar-refractivity contribution in [3.8, 4) is 0 Å². The van der Waals surface area contributed by atoms with Crippen LogP contribution in [-0.2, 0) is 6.54 Å². The van der Waals surface area contributed by atoms with Gasteiger partial charge in [0.2, 0.25) is 0 Å². The second-order valence-corrected chi connectivity index (χ2v) is 8.56. The first-order valence-electron chi connectivity index (χ1n) is 11.2. The number of hydrogen-bond acceptors (Lipinski definition) is 3.